The zero-order valence-corrected chi connectivity index (χ0v) is 16.3. The maximum atomic E-state index is 4.73. The van der Waals surface area contributed by atoms with Crippen LogP contribution in [0.3, 0.4) is 0 Å². The summed E-state index contributed by atoms with van der Waals surface area (Å²) in [6.07, 6.45) is 7.76. The van der Waals surface area contributed by atoms with Crippen molar-refractivity contribution in [1.29, 1.82) is 0 Å². The Morgan fingerprint density at radius 1 is 0.933 bits per heavy atom. The van der Waals surface area contributed by atoms with Crippen LogP contribution in [0.25, 0.3) is 45.0 Å². The molecule has 3 N–H and O–H groups in total. The molecular weight excluding hydrogens is 376 g/mol. The van der Waals surface area contributed by atoms with Gasteiger partial charge in [0.1, 0.15) is 5.69 Å². The molecule has 0 aliphatic carbocycles. The molecule has 0 radical (unpaired) electrons. The zero-order valence-electron chi connectivity index (χ0n) is 16.3. The molecule has 0 saturated carbocycles. The minimum Gasteiger partial charge on any atom is -0.335 e. The molecule has 8 nitrogen and oxygen atoms in total. The number of H-pyrrole nitrogens is 2. The first-order chi connectivity index (χ1) is 14.9. The second-order valence-corrected chi connectivity index (χ2v) is 7.62. The van der Waals surface area contributed by atoms with Crippen LogP contribution in [0.15, 0.2) is 48.9 Å². The molecule has 8 heteroatoms. The molecule has 1 fully saturated rings. The first-order valence-electron chi connectivity index (χ1n) is 10.2. The SMILES string of the molecule is c1ccc(-c2ccnc3nc(-c4[nH]nc5ncc(C6CCNCC6)cc45)[nH]c23)nc1. The molecule has 0 aromatic carbocycles. The highest BCUT2D eigenvalue weighted by atomic mass is 15.2. The third-order valence-corrected chi connectivity index (χ3v) is 5.81. The monoisotopic (exact) mass is 396 g/mol. The van der Waals surface area contributed by atoms with Gasteiger partial charge in [0.05, 0.1) is 16.6 Å². The smallest absolute Gasteiger partial charge is 0.181 e. The lowest BCUT2D eigenvalue weighted by Crippen LogP contribution is -2.26. The predicted octanol–water partition coefficient (Wildman–Crippen LogP) is 3.43. The van der Waals surface area contributed by atoms with E-state index in [1.807, 2.05) is 30.5 Å². The number of pyridine rings is 3. The molecule has 0 bridgehead atoms. The lowest BCUT2D eigenvalue weighted by molar-refractivity contribution is 0.460. The summed E-state index contributed by atoms with van der Waals surface area (Å²) in [7, 11) is 0. The standard InChI is InChI=1S/C22H20N8/c1-2-7-24-17(3-1)15-6-10-25-21-18(15)27-22(28-21)19-16-11-14(12-26-20(16)30-29-19)13-4-8-23-9-5-13/h1-3,6-7,10-13,23H,4-5,8-9H2,(H,25,27,28)(H,26,29,30). The van der Waals surface area contributed by atoms with Crippen molar-refractivity contribution in [3.05, 3.63) is 54.5 Å². The Balaban J connectivity index is 1.47. The van der Waals surface area contributed by atoms with Crippen molar-refractivity contribution < 1.29 is 0 Å². The van der Waals surface area contributed by atoms with Crippen LogP contribution in [0.5, 0.6) is 0 Å². The van der Waals surface area contributed by atoms with Crippen molar-refractivity contribution in [1.82, 2.24) is 40.4 Å². The Morgan fingerprint density at radius 2 is 1.87 bits per heavy atom. The molecule has 0 spiro atoms. The van der Waals surface area contributed by atoms with Gasteiger partial charge in [-0.25, -0.2) is 15.0 Å². The van der Waals surface area contributed by atoms with E-state index in [0.717, 1.165) is 53.8 Å². The number of piperidine rings is 1. The fourth-order valence-electron chi connectivity index (χ4n) is 4.24. The minimum atomic E-state index is 0.527. The Hall–Kier alpha value is -3.65. The van der Waals surface area contributed by atoms with Gasteiger partial charge in [-0.05, 0) is 61.7 Å². The van der Waals surface area contributed by atoms with Crippen LogP contribution in [-0.2, 0) is 0 Å². The summed E-state index contributed by atoms with van der Waals surface area (Å²) in [5.74, 6) is 1.23. The fourth-order valence-corrected chi connectivity index (χ4v) is 4.24. The van der Waals surface area contributed by atoms with E-state index >= 15 is 0 Å². The molecule has 148 valence electrons. The molecule has 5 aromatic rings. The van der Waals surface area contributed by atoms with Gasteiger partial charge < -0.3 is 10.3 Å². The van der Waals surface area contributed by atoms with Gasteiger partial charge in [-0.15, -0.1) is 0 Å². The number of aromatic nitrogens is 7. The predicted molar refractivity (Wildman–Crippen MR) is 115 cm³/mol. The summed E-state index contributed by atoms with van der Waals surface area (Å²) in [6.45, 7) is 2.10. The maximum Gasteiger partial charge on any atom is 0.181 e. The van der Waals surface area contributed by atoms with E-state index < -0.39 is 0 Å². The van der Waals surface area contributed by atoms with Crippen LogP contribution >= 0.6 is 0 Å². The second kappa shape index (κ2) is 7.00. The number of fused-ring (bicyclic) bond motifs is 2. The Labute approximate surface area is 172 Å². The fraction of sp³-hybridized carbons (Fsp3) is 0.227. The van der Waals surface area contributed by atoms with Gasteiger partial charge in [0.25, 0.3) is 0 Å². The highest BCUT2D eigenvalue weighted by Crippen LogP contribution is 2.32. The number of nitrogens with zero attached hydrogens (tertiary/aromatic N) is 5. The first kappa shape index (κ1) is 17.2. The van der Waals surface area contributed by atoms with Crippen LogP contribution in [0.2, 0.25) is 0 Å². The number of aromatic amines is 2. The number of nitrogens with one attached hydrogen (secondary N) is 3. The molecule has 1 aliphatic rings. The molecule has 0 unspecified atom stereocenters. The van der Waals surface area contributed by atoms with Crippen molar-refractivity contribution in [3.8, 4) is 22.8 Å². The molecule has 6 rings (SSSR count). The average Bonchev–Trinajstić information content (AvgIpc) is 3.43. The molecule has 0 atom stereocenters. The topological polar surface area (TPSA) is 108 Å². The highest BCUT2D eigenvalue weighted by molar-refractivity contribution is 5.94. The molecule has 1 aliphatic heterocycles. The third-order valence-electron chi connectivity index (χ3n) is 5.81. The lowest BCUT2D eigenvalue weighted by Gasteiger charge is -2.22. The summed E-state index contributed by atoms with van der Waals surface area (Å²) in [6, 6.07) is 10.0. The zero-order chi connectivity index (χ0) is 19.9. The summed E-state index contributed by atoms with van der Waals surface area (Å²) in [5.41, 5.74) is 6.14. The third kappa shape index (κ3) is 2.84. The normalized spacial score (nSPS) is 15.2. The van der Waals surface area contributed by atoms with Crippen molar-refractivity contribution in [2.75, 3.05) is 13.1 Å². The molecular formula is C22H20N8. The average molecular weight is 396 g/mol. The number of rotatable bonds is 3. The lowest BCUT2D eigenvalue weighted by atomic mass is 9.91. The van der Waals surface area contributed by atoms with Crippen molar-refractivity contribution >= 4 is 22.2 Å². The van der Waals surface area contributed by atoms with Gasteiger partial charge in [0.2, 0.25) is 0 Å². The van der Waals surface area contributed by atoms with Crippen LogP contribution in [-0.4, -0.2) is 48.2 Å². The molecule has 5 aromatic heterocycles. The molecule has 0 amide bonds. The summed E-state index contributed by atoms with van der Waals surface area (Å²) in [5, 5.41) is 11.9. The summed E-state index contributed by atoms with van der Waals surface area (Å²) in [4.78, 5) is 21.7. The van der Waals surface area contributed by atoms with Gasteiger partial charge in [-0.2, -0.15) is 5.10 Å². The van der Waals surface area contributed by atoms with E-state index in [-0.39, 0.29) is 0 Å². The van der Waals surface area contributed by atoms with Crippen LogP contribution in [0.4, 0.5) is 0 Å². The van der Waals surface area contributed by atoms with Crippen molar-refractivity contribution in [3.63, 3.8) is 0 Å². The number of imidazole rings is 1. The summed E-state index contributed by atoms with van der Waals surface area (Å²) < 4.78 is 0. The van der Waals surface area contributed by atoms with Gasteiger partial charge >= 0.3 is 0 Å². The van der Waals surface area contributed by atoms with Crippen molar-refractivity contribution in [2.45, 2.75) is 18.8 Å². The first-order valence-corrected chi connectivity index (χ1v) is 10.2. The largest absolute Gasteiger partial charge is 0.335 e. The summed E-state index contributed by atoms with van der Waals surface area (Å²) >= 11 is 0. The maximum absolute atomic E-state index is 4.73. The van der Waals surface area contributed by atoms with E-state index in [9.17, 15) is 0 Å². The van der Waals surface area contributed by atoms with Crippen LogP contribution in [0, 0.1) is 0 Å². The van der Waals surface area contributed by atoms with E-state index in [1.54, 1.807) is 12.4 Å². The quantitative estimate of drug-likeness (QED) is 0.431. The van der Waals surface area contributed by atoms with Gasteiger partial charge in [-0.1, -0.05) is 6.07 Å². The minimum absolute atomic E-state index is 0.527. The number of hydrogen-bond donors (Lipinski definition) is 3. The van der Waals surface area contributed by atoms with E-state index in [2.05, 4.69) is 41.5 Å². The Bertz CT molecular complexity index is 1330. The highest BCUT2D eigenvalue weighted by Gasteiger charge is 2.20. The Kier molecular flexibility index (Phi) is 4.02. The molecule has 1 saturated heterocycles. The van der Waals surface area contributed by atoms with Gasteiger partial charge in [0, 0.05) is 24.2 Å². The second-order valence-electron chi connectivity index (χ2n) is 7.62. The van der Waals surface area contributed by atoms with Gasteiger partial charge in [-0.3, -0.25) is 10.1 Å². The Morgan fingerprint density at radius 3 is 2.73 bits per heavy atom. The van der Waals surface area contributed by atoms with Crippen molar-refractivity contribution in [2.24, 2.45) is 0 Å². The van der Waals surface area contributed by atoms with Crippen LogP contribution < -0.4 is 5.32 Å². The molecule has 30 heavy (non-hydrogen) atoms. The van der Waals surface area contributed by atoms with Crippen LogP contribution in [0.1, 0.15) is 24.3 Å². The molecule has 6 heterocycles. The van der Waals surface area contributed by atoms with E-state index in [0.29, 0.717) is 23.0 Å². The van der Waals surface area contributed by atoms with Gasteiger partial charge in [0.15, 0.2) is 17.1 Å². The van der Waals surface area contributed by atoms with E-state index in [1.165, 1.54) is 5.56 Å². The van der Waals surface area contributed by atoms with E-state index in [4.69, 9.17) is 4.98 Å². The number of hydrogen-bond acceptors (Lipinski definition) is 6.